The molecule has 7 nitrogen and oxygen atoms in total. The Hall–Kier alpha value is -2.74. The molecule has 2 aromatic rings. The summed E-state index contributed by atoms with van der Waals surface area (Å²) in [5.74, 6) is -1.02. The van der Waals surface area contributed by atoms with Crippen LogP contribution >= 0.6 is 23.2 Å². The predicted molar refractivity (Wildman–Crippen MR) is 105 cm³/mol. The van der Waals surface area contributed by atoms with Crippen molar-refractivity contribution in [2.45, 2.75) is 0 Å². The minimum absolute atomic E-state index is 0.332. The van der Waals surface area contributed by atoms with E-state index in [9.17, 15) is 9.59 Å². The fourth-order valence-corrected chi connectivity index (χ4v) is 2.18. The van der Waals surface area contributed by atoms with E-state index in [2.05, 4.69) is 21.1 Å². The van der Waals surface area contributed by atoms with Gasteiger partial charge in [-0.15, -0.1) is 0 Å². The summed E-state index contributed by atoms with van der Waals surface area (Å²) in [6.07, 6.45) is 2.83. The molecule has 0 aliphatic heterocycles. The predicted octanol–water partition coefficient (Wildman–Crippen LogP) is 2.61. The fourth-order valence-electron chi connectivity index (χ4n) is 1.81. The monoisotopic (exact) mass is 406 g/mol. The van der Waals surface area contributed by atoms with E-state index in [1.54, 1.807) is 48.5 Å². The van der Waals surface area contributed by atoms with Crippen molar-refractivity contribution in [1.29, 1.82) is 0 Å². The molecule has 0 bridgehead atoms. The lowest BCUT2D eigenvalue weighted by Gasteiger charge is -2.02. The van der Waals surface area contributed by atoms with Gasteiger partial charge < -0.3 is 4.74 Å². The minimum atomic E-state index is -0.509. The number of halogens is 2. The van der Waals surface area contributed by atoms with Gasteiger partial charge in [-0.1, -0.05) is 59.6 Å². The standard InChI is InChI=1S/C18H16Cl2N4O3/c19-15-7-3-1-5-13(15)9-21-23-17(25)11-27-12-18(26)24-22-10-14-6-2-4-8-16(14)20/h1-10H,11-12H2,(H,23,25)(H,24,26)/b21-9+,22-10+. The molecule has 9 heteroatoms. The van der Waals surface area contributed by atoms with Crippen LogP contribution in [0, 0.1) is 0 Å². The highest BCUT2D eigenvalue weighted by Gasteiger charge is 2.04. The lowest BCUT2D eigenvalue weighted by molar-refractivity contribution is -0.130. The van der Waals surface area contributed by atoms with Crippen LogP contribution in [0.5, 0.6) is 0 Å². The highest BCUT2D eigenvalue weighted by Crippen LogP contribution is 2.12. The maximum absolute atomic E-state index is 11.6. The molecule has 0 radical (unpaired) electrons. The zero-order valence-electron chi connectivity index (χ0n) is 14.1. The Morgan fingerprint density at radius 3 is 1.63 bits per heavy atom. The summed E-state index contributed by atoms with van der Waals surface area (Å²) in [4.78, 5) is 23.2. The van der Waals surface area contributed by atoms with Crippen LogP contribution in [0.3, 0.4) is 0 Å². The number of ether oxygens (including phenoxy) is 1. The fraction of sp³-hybridized carbons (Fsp3) is 0.111. The van der Waals surface area contributed by atoms with E-state index in [1.807, 2.05) is 0 Å². The molecule has 2 N–H and O–H groups in total. The van der Waals surface area contributed by atoms with Crippen LogP contribution in [0.2, 0.25) is 10.0 Å². The van der Waals surface area contributed by atoms with Crippen LogP contribution in [-0.4, -0.2) is 37.5 Å². The van der Waals surface area contributed by atoms with Gasteiger partial charge in [-0.2, -0.15) is 10.2 Å². The third-order valence-electron chi connectivity index (χ3n) is 3.06. The van der Waals surface area contributed by atoms with E-state index in [0.717, 1.165) is 0 Å². The van der Waals surface area contributed by atoms with Gasteiger partial charge in [-0.3, -0.25) is 9.59 Å². The average molecular weight is 407 g/mol. The second-order valence-electron chi connectivity index (χ2n) is 5.12. The van der Waals surface area contributed by atoms with Crippen LogP contribution < -0.4 is 10.9 Å². The lowest BCUT2D eigenvalue weighted by Crippen LogP contribution is -2.28. The van der Waals surface area contributed by atoms with Crippen LogP contribution in [0.4, 0.5) is 0 Å². The first kappa shape index (κ1) is 20.6. The van der Waals surface area contributed by atoms with Gasteiger partial charge in [0.1, 0.15) is 13.2 Å². The third-order valence-corrected chi connectivity index (χ3v) is 3.75. The van der Waals surface area contributed by atoms with Gasteiger partial charge in [0.15, 0.2) is 0 Å². The summed E-state index contributed by atoms with van der Waals surface area (Å²) in [5.41, 5.74) is 5.87. The zero-order chi connectivity index (χ0) is 19.5. The maximum Gasteiger partial charge on any atom is 0.266 e. The van der Waals surface area contributed by atoms with Crippen molar-refractivity contribution in [1.82, 2.24) is 10.9 Å². The van der Waals surface area contributed by atoms with Crippen LogP contribution in [0.1, 0.15) is 11.1 Å². The molecule has 0 fully saturated rings. The first-order valence-electron chi connectivity index (χ1n) is 7.77. The van der Waals surface area contributed by atoms with E-state index < -0.39 is 11.8 Å². The largest absolute Gasteiger partial charge is 0.362 e. The van der Waals surface area contributed by atoms with Crippen LogP contribution in [0.25, 0.3) is 0 Å². The number of hydrogen-bond acceptors (Lipinski definition) is 5. The molecule has 140 valence electrons. The number of nitrogens with one attached hydrogen (secondary N) is 2. The Labute approximate surface area is 166 Å². The van der Waals surface area contributed by atoms with Gasteiger partial charge >= 0.3 is 0 Å². The van der Waals surface area contributed by atoms with Crippen molar-refractivity contribution < 1.29 is 14.3 Å². The number of nitrogens with zero attached hydrogens (tertiary/aromatic N) is 2. The molecule has 0 aromatic heterocycles. The third kappa shape index (κ3) is 7.57. The summed E-state index contributed by atoms with van der Waals surface area (Å²) < 4.78 is 4.99. The van der Waals surface area contributed by atoms with Crippen molar-refractivity contribution in [3.8, 4) is 0 Å². The van der Waals surface area contributed by atoms with Crippen molar-refractivity contribution in [2.24, 2.45) is 10.2 Å². The number of carbonyl (C=O) groups excluding carboxylic acids is 2. The Bertz CT molecular complexity index is 787. The second kappa shape index (κ2) is 11.1. The molecule has 0 aliphatic carbocycles. The van der Waals surface area contributed by atoms with Gasteiger partial charge in [0, 0.05) is 21.2 Å². The summed E-state index contributed by atoms with van der Waals surface area (Å²) in [6.45, 7) is -0.664. The average Bonchev–Trinajstić information content (AvgIpc) is 2.65. The van der Waals surface area contributed by atoms with Gasteiger partial charge in [0.05, 0.1) is 12.4 Å². The van der Waals surface area contributed by atoms with Crippen molar-refractivity contribution >= 4 is 47.4 Å². The number of benzene rings is 2. The van der Waals surface area contributed by atoms with E-state index in [4.69, 9.17) is 27.9 Å². The smallest absolute Gasteiger partial charge is 0.266 e. The topological polar surface area (TPSA) is 92.2 Å². The number of hydrogen-bond donors (Lipinski definition) is 2. The normalized spacial score (nSPS) is 11.0. The first-order chi connectivity index (χ1) is 13.1. The van der Waals surface area contributed by atoms with Crippen LogP contribution in [0.15, 0.2) is 58.7 Å². The molecule has 0 saturated heterocycles. The molecule has 2 aromatic carbocycles. The van der Waals surface area contributed by atoms with E-state index in [1.165, 1.54) is 12.4 Å². The molecular weight excluding hydrogens is 391 g/mol. The molecule has 0 aliphatic rings. The van der Waals surface area contributed by atoms with Gasteiger partial charge in [0.25, 0.3) is 11.8 Å². The van der Waals surface area contributed by atoms with Crippen molar-refractivity contribution in [2.75, 3.05) is 13.2 Å². The lowest BCUT2D eigenvalue weighted by atomic mass is 10.2. The molecule has 27 heavy (non-hydrogen) atoms. The number of carbonyl (C=O) groups is 2. The summed E-state index contributed by atoms with van der Waals surface area (Å²) in [5, 5.41) is 8.56. The Morgan fingerprint density at radius 2 is 1.22 bits per heavy atom. The quantitative estimate of drug-likeness (QED) is 0.521. The van der Waals surface area contributed by atoms with Gasteiger partial charge in [0.2, 0.25) is 0 Å². The Morgan fingerprint density at radius 1 is 0.815 bits per heavy atom. The SMILES string of the molecule is O=C(COCC(=O)N/N=C/c1ccccc1Cl)N/N=C/c1ccccc1Cl. The second-order valence-corrected chi connectivity index (χ2v) is 5.94. The summed E-state index contributed by atoms with van der Waals surface area (Å²) in [7, 11) is 0. The first-order valence-corrected chi connectivity index (χ1v) is 8.52. The van der Waals surface area contributed by atoms with Crippen molar-refractivity contribution in [3.05, 3.63) is 69.7 Å². The minimum Gasteiger partial charge on any atom is -0.362 e. The zero-order valence-corrected chi connectivity index (χ0v) is 15.6. The Balaban J connectivity index is 1.65. The molecule has 0 unspecified atom stereocenters. The summed E-state index contributed by atoms with van der Waals surface area (Å²) in [6, 6.07) is 14.1. The van der Waals surface area contributed by atoms with Gasteiger partial charge in [-0.05, 0) is 12.1 Å². The van der Waals surface area contributed by atoms with Gasteiger partial charge in [-0.25, -0.2) is 10.9 Å². The maximum atomic E-state index is 11.6. The van der Waals surface area contributed by atoms with E-state index in [-0.39, 0.29) is 13.2 Å². The molecule has 2 amide bonds. The number of rotatable bonds is 8. The van der Waals surface area contributed by atoms with Crippen molar-refractivity contribution in [3.63, 3.8) is 0 Å². The summed E-state index contributed by atoms with van der Waals surface area (Å²) >= 11 is 11.9. The van der Waals surface area contributed by atoms with E-state index >= 15 is 0 Å². The molecule has 0 atom stereocenters. The molecular formula is C18H16Cl2N4O3. The molecule has 2 rings (SSSR count). The molecule has 0 saturated carbocycles. The van der Waals surface area contributed by atoms with Crippen LogP contribution in [-0.2, 0) is 14.3 Å². The molecule has 0 spiro atoms. The Kier molecular flexibility index (Phi) is 8.44. The number of hydrazone groups is 2. The highest BCUT2D eigenvalue weighted by atomic mass is 35.5. The molecule has 0 heterocycles. The number of amides is 2. The van der Waals surface area contributed by atoms with E-state index in [0.29, 0.717) is 21.2 Å². The highest BCUT2D eigenvalue weighted by molar-refractivity contribution is 6.33.